The van der Waals surface area contributed by atoms with Gasteiger partial charge in [0, 0.05) is 25.3 Å². The number of phenols is 1. The predicted octanol–water partition coefficient (Wildman–Crippen LogP) is -8.12. The van der Waals surface area contributed by atoms with Gasteiger partial charge in [0.05, 0.1) is 18.8 Å². The highest BCUT2D eigenvalue weighted by Gasteiger charge is 2.35. The number of guanidine groups is 2. The zero-order valence-corrected chi connectivity index (χ0v) is 43.9. The van der Waals surface area contributed by atoms with E-state index >= 15 is 0 Å². The number of nitrogens with one attached hydrogen (secondary N) is 12. The number of unbranched alkanes of at least 4 members (excludes halogenated alkanes) is 1. The first kappa shape index (κ1) is 67.9. The number of hydrogen-bond acceptors (Lipinski definition) is 19. The minimum Gasteiger partial charge on any atom is -0.508 e. The number of aliphatic hydroxyl groups is 2. The topological polar surface area (TPSA) is 559 Å². The molecule has 0 aliphatic rings. The van der Waals surface area contributed by atoms with Gasteiger partial charge in [0.15, 0.2) is 11.9 Å². The SMILES string of the molecule is C[C@@H](O)[C@H](NC(=O)[C@H](CCN)NC(=O)[C@@H](N)CCCNC(=N)N)C(=O)N[C@H](CCN)C(=O)N[C@@H](CCCCN)C(=O)N[C@@H](CS)C(=O)N[C@@H](CO)C(=O)N[C@@H](CCCNC(=N)N)C(=O)N[C@@H](Cc1ccc(O)cc1)C(=O)O. The van der Waals surface area contributed by atoms with Crippen LogP contribution in [0.25, 0.3) is 0 Å². The molecule has 1 aromatic carbocycles. The normalized spacial score (nSPS) is 14.9. The molecule has 32 heteroatoms. The van der Waals surface area contributed by atoms with Gasteiger partial charge in [0.25, 0.3) is 0 Å². The molecule has 0 heterocycles. The Bertz CT molecular complexity index is 2110. The molecule has 434 valence electrons. The van der Waals surface area contributed by atoms with Gasteiger partial charge in [0.2, 0.25) is 47.3 Å². The average molecular weight is 1110 g/mol. The van der Waals surface area contributed by atoms with Crippen molar-refractivity contribution >= 4 is 77.8 Å². The van der Waals surface area contributed by atoms with E-state index in [9.17, 15) is 63.6 Å². The molecule has 1 aromatic rings. The summed E-state index contributed by atoms with van der Waals surface area (Å²) in [4.78, 5) is 120. The highest BCUT2D eigenvalue weighted by molar-refractivity contribution is 7.80. The fourth-order valence-corrected chi connectivity index (χ4v) is 7.38. The molecule has 28 N–H and O–H groups in total. The van der Waals surface area contributed by atoms with Crippen LogP contribution in [0.3, 0.4) is 0 Å². The van der Waals surface area contributed by atoms with Crippen LogP contribution in [0, 0.1) is 10.8 Å². The summed E-state index contributed by atoms with van der Waals surface area (Å²) in [5.41, 5.74) is 34.2. The highest BCUT2D eigenvalue weighted by atomic mass is 32.1. The van der Waals surface area contributed by atoms with Gasteiger partial charge >= 0.3 is 5.97 Å². The van der Waals surface area contributed by atoms with Crippen LogP contribution in [-0.2, 0) is 49.6 Å². The Morgan fingerprint density at radius 3 is 1.40 bits per heavy atom. The lowest BCUT2D eigenvalue weighted by Crippen LogP contribution is -2.62. The Kier molecular flexibility index (Phi) is 32.5. The van der Waals surface area contributed by atoms with Gasteiger partial charge < -0.3 is 108 Å². The number of carboxylic acid groups (broad SMARTS) is 1. The van der Waals surface area contributed by atoms with Crippen molar-refractivity contribution in [2.24, 2.45) is 34.4 Å². The van der Waals surface area contributed by atoms with Crippen LogP contribution in [-0.4, -0.2) is 191 Å². The molecule has 0 unspecified atom stereocenters. The molecule has 0 saturated carbocycles. The van der Waals surface area contributed by atoms with Crippen LogP contribution < -0.4 is 87.6 Å². The number of carbonyl (C=O) groups is 9. The maximum Gasteiger partial charge on any atom is 0.326 e. The van der Waals surface area contributed by atoms with E-state index in [1.807, 2.05) is 0 Å². The number of rotatable bonds is 38. The molecule has 0 aromatic heterocycles. The first-order valence-electron chi connectivity index (χ1n) is 24.8. The number of hydrogen-bond donors (Lipinski definition) is 23. The Labute approximate surface area is 450 Å². The Balaban J connectivity index is 3.23. The van der Waals surface area contributed by atoms with Gasteiger partial charge in [-0.3, -0.25) is 49.2 Å². The number of thiol groups is 1. The first-order chi connectivity index (χ1) is 36.4. The number of benzene rings is 1. The number of nitrogens with two attached hydrogens (primary N) is 6. The summed E-state index contributed by atoms with van der Waals surface area (Å²) in [6.45, 7) is 0.410. The molecule has 8 amide bonds. The summed E-state index contributed by atoms with van der Waals surface area (Å²) in [5, 5.41) is 79.3. The fraction of sp³-hybridized carbons (Fsp3) is 0.622. The molecule has 0 fully saturated rings. The van der Waals surface area contributed by atoms with Gasteiger partial charge in [-0.15, -0.1) is 0 Å². The van der Waals surface area contributed by atoms with Crippen molar-refractivity contribution < 1.29 is 63.6 Å². The van der Waals surface area contributed by atoms with Crippen LogP contribution in [0.5, 0.6) is 5.75 Å². The third-order valence-corrected chi connectivity index (χ3v) is 11.8. The minimum absolute atomic E-state index is 0.0523. The number of aromatic hydroxyl groups is 1. The highest BCUT2D eigenvalue weighted by Crippen LogP contribution is 2.13. The summed E-state index contributed by atoms with van der Waals surface area (Å²) >= 11 is 4.18. The standard InChI is InChI=1S/C45H80N18O13S/c1-23(65)34(63-39(71)30(14-17-48)56-35(67)26(49)6-4-18-54-44(50)51)42(74)59-29(13-16-47)38(70)57-27(7-2-3-15-46)37(69)62-33(22-77)41(73)61-32(21-64)40(72)58-28(8-5-19-55-45(52)53)36(68)60-31(43(75)76)20-24-9-11-25(66)12-10-24/h9-12,23,26-34,64-66,77H,2-8,13-22,46-49H2,1H3,(H,56,67)(H,57,70)(H,58,72)(H,59,74)(H,60,68)(H,61,73)(H,62,69)(H,63,71)(H,75,76)(H4,50,51,54)(H4,52,53,55)/t23-,26+,27+,28+,29-,30+,31+,32+,33+,34+/m1/s1. The predicted molar refractivity (Wildman–Crippen MR) is 284 cm³/mol. The van der Waals surface area contributed by atoms with E-state index in [4.69, 9.17) is 45.2 Å². The van der Waals surface area contributed by atoms with Crippen molar-refractivity contribution in [1.29, 1.82) is 10.8 Å². The molecule has 0 radical (unpaired) electrons. The van der Waals surface area contributed by atoms with E-state index in [2.05, 4.69) is 65.8 Å². The quantitative estimate of drug-likeness (QED) is 0.0127. The van der Waals surface area contributed by atoms with Crippen LogP contribution in [0.15, 0.2) is 24.3 Å². The van der Waals surface area contributed by atoms with E-state index in [1.165, 1.54) is 31.2 Å². The zero-order chi connectivity index (χ0) is 58.2. The van der Waals surface area contributed by atoms with Crippen LogP contribution >= 0.6 is 12.6 Å². The van der Waals surface area contributed by atoms with Gasteiger partial charge in [-0.2, -0.15) is 12.6 Å². The second kappa shape index (κ2) is 36.8. The van der Waals surface area contributed by atoms with Crippen molar-refractivity contribution in [2.45, 2.75) is 132 Å². The molecule has 77 heavy (non-hydrogen) atoms. The molecule has 10 atom stereocenters. The molecular formula is C45H80N18O13S. The van der Waals surface area contributed by atoms with Crippen molar-refractivity contribution in [3.8, 4) is 5.75 Å². The number of phenolic OH excluding ortho intramolecular Hbond substituents is 1. The van der Waals surface area contributed by atoms with Gasteiger partial charge in [0.1, 0.15) is 54.1 Å². The maximum absolute atomic E-state index is 13.9. The van der Waals surface area contributed by atoms with Gasteiger partial charge in [-0.1, -0.05) is 12.1 Å². The van der Waals surface area contributed by atoms with Gasteiger partial charge in [-0.25, -0.2) is 4.79 Å². The lowest BCUT2D eigenvalue weighted by molar-refractivity contribution is -0.142. The van der Waals surface area contributed by atoms with Crippen LogP contribution in [0.4, 0.5) is 0 Å². The minimum atomic E-state index is -1.75. The summed E-state index contributed by atoms with van der Waals surface area (Å²) < 4.78 is 0. The molecule has 0 saturated heterocycles. The Morgan fingerprint density at radius 1 is 0.545 bits per heavy atom. The number of carbonyl (C=O) groups excluding carboxylic acids is 8. The maximum atomic E-state index is 13.9. The number of aliphatic carboxylic acids is 1. The van der Waals surface area contributed by atoms with E-state index < -0.39 is 126 Å². The average Bonchev–Trinajstić information content (AvgIpc) is 3.37. The summed E-state index contributed by atoms with van der Waals surface area (Å²) in [7, 11) is 0. The van der Waals surface area contributed by atoms with Crippen LogP contribution in [0.1, 0.15) is 70.3 Å². The molecule has 0 bridgehead atoms. The fourth-order valence-electron chi connectivity index (χ4n) is 7.12. The number of amides is 8. The molecular weight excluding hydrogens is 1030 g/mol. The second-order valence-corrected chi connectivity index (χ2v) is 18.1. The zero-order valence-electron chi connectivity index (χ0n) is 43.0. The Hall–Kier alpha value is -7.10. The van der Waals surface area contributed by atoms with E-state index in [0.29, 0.717) is 18.4 Å². The van der Waals surface area contributed by atoms with Gasteiger partial charge in [-0.05, 0) is 102 Å². The summed E-state index contributed by atoms with van der Waals surface area (Å²) in [6.07, 6.45) is -1.01. The second-order valence-electron chi connectivity index (χ2n) is 17.7. The molecule has 0 aliphatic heterocycles. The third kappa shape index (κ3) is 26.5. The monoisotopic (exact) mass is 1110 g/mol. The van der Waals surface area contributed by atoms with E-state index in [1.54, 1.807) is 0 Å². The number of aliphatic hydroxyl groups excluding tert-OH is 2. The lowest BCUT2D eigenvalue weighted by atomic mass is 10.0. The Morgan fingerprint density at radius 2 is 0.948 bits per heavy atom. The first-order valence-corrected chi connectivity index (χ1v) is 25.4. The summed E-state index contributed by atoms with van der Waals surface area (Å²) in [6, 6.07) is -7.61. The molecule has 0 aliphatic carbocycles. The van der Waals surface area contributed by atoms with Crippen molar-refractivity contribution in [1.82, 2.24) is 53.2 Å². The molecule has 0 spiro atoms. The van der Waals surface area contributed by atoms with Crippen molar-refractivity contribution in [2.75, 3.05) is 45.1 Å². The van der Waals surface area contributed by atoms with E-state index in [0.717, 1.165) is 0 Å². The third-order valence-electron chi connectivity index (χ3n) is 11.4. The lowest BCUT2D eigenvalue weighted by Gasteiger charge is -2.28. The van der Waals surface area contributed by atoms with Crippen molar-refractivity contribution in [3.63, 3.8) is 0 Å². The van der Waals surface area contributed by atoms with E-state index in [-0.39, 0.29) is 102 Å². The molecule has 31 nitrogen and oxygen atoms in total. The van der Waals surface area contributed by atoms with Crippen molar-refractivity contribution in [3.05, 3.63) is 29.8 Å². The summed E-state index contributed by atoms with van der Waals surface area (Å²) in [5.74, 6) is -10.2. The number of carboxylic acids is 1. The smallest absolute Gasteiger partial charge is 0.326 e. The molecule has 1 rings (SSSR count). The largest absolute Gasteiger partial charge is 0.508 e. The van der Waals surface area contributed by atoms with Crippen LogP contribution in [0.2, 0.25) is 0 Å².